The molecule has 112 valence electrons. The molecule has 0 aromatic carbocycles. The third-order valence-electron chi connectivity index (χ3n) is 6.35. The SMILES string of the molecule is CC(NC(=NC1CC1)NN)C12CC3CC(CC(C3)C1)C2. The first kappa shape index (κ1) is 12.9. The number of guanidine groups is 1. The summed E-state index contributed by atoms with van der Waals surface area (Å²) in [5, 5.41) is 3.61. The van der Waals surface area contributed by atoms with Crippen LogP contribution in [0.25, 0.3) is 0 Å². The van der Waals surface area contributed by atoms with E-state index in [9.17, 15) is 0 Å². The Morgan fingerprint density at radius 1 is 1.10 bits per heavy atom. The molecule has 0 amide bonds. The second kappa shape index (κ2) is 4.62. The lowest BCUT2D eigenvalue weighted by Gasteiger charge is -2.59. The van der Waals surface area contributed by atoms with Crippen LogP contribution >= 0.6 is 0 Å². The summed E-state index contributed by atoms with van der Waals surface area (Å²) in [6.45, 7) is 2.35. The minimum atomic E-state index is 0.490. The van der Waals surface area contributed by atoms with Crippen molar-refractivity contribution in [2.24, 2.45) is 34.0 Å². The summed E-state index contributed by atoms with van der Waals surface area (Å²) >= 11 is 0. The van der Waals surface area contributed by atoms with Gasteiger partial charge in [0.15, 0.2) is 0 Å². The van der Waals surface area contributed by atoms with Crippen LogP contribution in [-0.4, -0.2) is 18.0 Å². The molecule has 0 aromatic heterocycles. The average Bonchev–Trinajstić information content (AvgIpc) is 3.20. The Morgan fingerprint density at radius 3 is 2.10 bits per heavy atom. The fourth-order valence-corrected chi connectivity index (χ4v) is 5.57. The summed E-state index contributed by atoms with van der Waals surface area (Å²) in [6, 6.07) is 1.00. The third kappa shape index (κ3) is 2.22. The van der Waals surface area contributed by atoms with Gasteiger partial charge in [0.05, 0.1) is 6.04 Å². The van der Waals surface area contributed by atoms with E-state index in [4.69, 9.17) is 5.84 Å². The zero-order chi connectivity index (χ0) is 13.7. The molecule has 0 saturated heterocycles. The van der Waals surface area contributed by atoms with E-state index < -0.39 is 0 Å². The molecule has 1 atom stereocenters. The van der Waals surface area contributed by atoms with Crippen LogP contribution in [0.5, 0.6) is 0 Å². The van der Waals surface area contributed by atoms with Crippen molar-refractivity contribution in [3.05, 3.63) is 0 Å². The molecular weight excluding hydrogens is 248 g/mol. The van der Waals surface area contributed by atoms with Gasteiger partial charge in [-0.25, -0.2) is 10.8 Å². The van der Waals surface area contributed by atoms with Crippen molar-refractivity contribution in [1.82, 2.24) is 10.7 Å². The summed E-state index contributed by atoms with van der Waals surface area (Å²) in [5.74, 6) is 9.46. The van der Waals surface area contributed by atoms with Gasteiger partial charge in [0, 0.05) is 6.04 Å². The van der Waals surface area contributed by atoms with E-state index in [1.165, 1.54) is 51.4 Å². The molecule has 4 heteroatoms. The van der Waals surface area contributed by atoms with Crippen molar-refractivity contribution in [2.75, 3.05) is 0 Å². The summed E-state index contributed by atoms with van der Waals surface area (Å²) in [5.41, 5.74) is 3.29. The molecule has 0 radical (unpaired) electrons. The molecule has 5 aliphatic rings. The van der Waals surface area contributed by atoms with Crippen molar-refractivity contribution >= 4 is 5.96 Å². The second-order valence-corrected chi connectivity index (χ2v) is 8.00. The van der Waals surface area contributed by atoms with Gasteiger partial charge in [0.1, 0.15) is 0 Å². The highest BCUT2D eigenvalue weighted by molar-refractivity contribution is 5.79. The van der Waals surface area contributed by atoms with Gasteiger partial charge >= 0.3 is 0 Å². The predicted octanol–water partition coefficient (Wildman–Crippen LogP) is 2.16. The second-order valence-electron chi connectivity index (χ2n) is 8.00. The van der Waals surface area contributed by atoms with Crippen LogP contribution in [0, 0.1) is 23.2 Å². The summed E-state index contributed by atoms with van der Waals surface area (Å²) < 4.78 is 0. The van der Waals surface area contributed by atoms with E-state index >= 15 is 0 Å². The van der Waals surface area contributed by atoms with Crippen LogP contribution in [0.3, 0.4) is 0 Å². The molecule has 5 rings (SSSR count). The predicted molar refractivity (Wildman–Crippen MR) is 81.0 cm³/mol. The van der Waals surface area contributed by atoms with Gasteiger partial charge in [-0.15, -0.1) is 0 Å². The molecular formula is C16H28N4. The molecule has 5 fully saturated rings. The van der Waals surface area contributed by atoms with Crippen molar-refractivity contribution in [3.8, 4) is 0 Å². The Labute approximate surface area is 121 Å². The Hall–Kier alpha value is -0.770. The monoisotopic (exact) mass is 276 g/mol. The Balaban J connectivity index is 1.48. The summed E-state index contributed by atoms with van der Waals surface area (Å²) in [6.07, 6.45) is 11.2. The van der Waals surface area contributed by atoms with Crippen molar-refractivity contribution < 1.29 is 0 Å². The quantitative estimate of drug-likeness (QED) is 0.320. The number of hydrogen-bond donors (Lipinski definition) is 3. The van der Waals surface area contributed by atoms with Gasteiger partial charge in [-0.3, -0.25) is 5.43 Å². The van der Waals surface area contributed by atoms with E-state index in [1.807, 2.05) is 0 Å². The average molecular weight is 276 g/mol. The van der Waals surface area contributed by atoms with Crippen molar-refractivity contribution in [1.29, 1.82) is 0 Å². The van der Waals surface area contributed by atoms with Crippen LogP contribution in [0.2, 0.25) is 0 Å². The van der Waals surface area contributed by atoms with E-state index in [-0.39, 0.29) is 0 Å². The number of hydrazine groups is 1. The molecule has 5 saturated carbocycles. The number of rotatable bonds is 3. The Kier molecular flexibility index (Phi) is 2.99. The number of nitrogens with two attached hydrogens (primary N) is 1. The lowest BCUT2D eigenvalue weighted by atomic mass is 9.48. The molecule has 4 bridgehead atoms. The van der Waals surface area contributed by atoms with Gasteiger partial charge in [0.25, 0.3) is 0 Å². The van der Waals surface area contributed by atoms with Gasteiger partial charge in [-0.2, -0.15) is 0 Å². The number of nitrogens with one attached hydrogen (secondary N) is 2. The highest BCUT2D eigenvalue weighted by Gasteiger charge is 2.53. The first-order valence-corrected chi connectivity index (χ1v) is 8.48. The normalized spacial score (nSPS) is 44.5. The maximum atomic E-state index is 5.65. The number of aliphatic imine (C=N–C) groups is 1. The van der Waals surface area contributed by atoms with E-state index in [0.717, 1.165) is 23.7 Å². The molecule has 4 N–H and O–H groups in total. The largest absolute Gasteiger partial charge is 0.352 e. The molecule has 0 aromatic rings. The van der Waals surface area contributed by atoms with Gasteiger partial charge < -0.3 is 5.32 Å². The van der Waals surface area contributed by atoms with Gasteiger partial charge in [-0.05, 0) is 81.5 Å². The summed E-state index contributed by atoms with van der Waals surface area (Å²) in [7, 11) is 0. The molecule has 0 aliphatic heterocycles. The van der Waals surface area contributed by atoms with Crippen LogP contribution in [-0.2, 0) is 0 Å². The number of nitrogens with zero attached hydrogens (tertiary/aromatic N) is 1. The fourth-order valence-electron chi connectivity index (χ4n) is 5.57. The van der Waals surface area contributed by atoms with Crippen LogP contribution in [0.1, 0.15) is 58.3 Å². The van der Waals surface area contributed by atoms with Crippen LogP contribution in [0.15, 0.2) is 4.99 Å². The topological polar surface area (TPSA) is 62.4 Å². The standard InChI is InChI=1S/C16H28N4/c1-10(18-15(20-17)19-14-2-3-14)16-7-11-4-12(8-16)6-13(5-11)9-16/h10-14H,2-9,17H2,1H3,(H2,18,19,20). The fraction of sp³-hybridized carbons (Fsp3) is 0.938. The van der Waals surface area contributed by atoms with Gasteiger partial charge in [0.2, 0.25) is 5.96 Å². The zero-order valence-electron chi connectivity index (χ0n) is 12.6. The maximum Gasteiger partial charge on any atom is 0.206 e. The highest BCUT2D eigenvalue weighted by atomic mass is 15.3. The molecule has 5 aliphatic carbocycles. The molecule has 20 heavy (non-hydrogen) atoms. The van der Waals surface area contributed by atoms with E-state index in [0.29, 0.717) is 17.5 Å². The van der Waals surface area contributed by atoms with Crippen molar-refractivity contribution in [3.63, 3.8) is 0 Å². The van der Waals surface area contributed by atoms with Gasteiger partial charge in [-0.1, -0.05) is 0 Å². The van der Waals surface area contributed by atoms with E-state index in [1.54, 1.807) is 0 Å². The third-order valence-corrected chi connectivity index (χ3v) is 6.35. The molecule has 0 heterocycles. The maximum absolute atomic E-state index is 5.65. The summed E-state index contributed by atoms with van der Waals surface area (Å²) in [4.78, 5) is 4.64. The Morgan fingerprint density at radius 2 is 1.65 bits per heavy atom. The first-order chi connectivity index (χ1) is 9.67. The minimum absolute atomic E-state index is 0.490. The molecule has 0 spiro atoms. The smallest absolute Gasteiger partial charge is 0.206 e. The lowest BCUT2D eigenvalue weighted by Crippen LogP contribution is -2.58. The molecule has 1 unspecified atom stereocenters. The Bertz CT molecular complexity index is 377. The van der Waals surface area contributed by atoms with Crippen LogP contribution in [0.4, 0.5) is 0 Å². The highest BCUT2D eigenvalue weighted by Crippen LogP contribution is 2.61. The van der Waals surface area contributed by atoms with Crippen LogP contribution < -0.4 is 16.6 Å². The zero-order valence-corrected chi connectivity index (χ0v) is 12.6. The first-order valence-electron chi connectivity index (χ1n) is 8.48. The molecule has 4 nitrogen and oxygen atoms in total. The minimum Gasteiger partial charge on any atom is -0.352 e. The van der Waals surface area contributed by atoms with Crippen molar-refractivity contribution in [2.45, 2.75) is 70.4 Å². The van der Waals surface area contributed by atoms with E-state index in [2.05, 4.69) is 22.7 Å². The lowest BCUT2D eigenvalue weighted by molar-refractivity contribution is -0.0673. The number of hydrogen-bond acceptors (Lipinski definition) is 2.